The minimum atomic E-state index is 0.391. The third-order valence-corrected chi connectivity index (χ3v) is 6.79. The van der Waals surface area contributed by atoms with E-state index in [0.717, 1.165) is 46.6 Å². The van der Waals surface area contributed by atoms with Crippen LogP contribution in [0.1, 0.15) is 89.2 Å². The third kappa shape index (κ3) is 8.39. The second-order valence-electron chi connectivity index (χ2n) is 9.71. The first-order chi connectivity index (χ1) is 18.7. The van der Waals surface area contributed by atoms with Crippen molar-refractivity contribution >= 4 is 0 Å². The molecule has 0 aliphatic rings. The zero-order valence-electron chi connectivity index (χ0n) is 23.0. The molecule has 0 radical (unpaired) electrons. The Hall–Kier alpha value is -3.76. The number of benzene rings is 3. The van der Waals surface area contributed by atoms with Gasteiger partial charge in [0.1, 0.15) is 23.6 Å². The van der Waals surface area contributed by atoms with Crippen molar-refractivity contribution in [2.24, 2.45) is 0 Å². The normalized spacial score (nSPS) is 10.5. The van der Waals surface area contributed by atoms with Gasteiger partial charge in [-0.15, -0.1) is 0 Å². The molecule has 0 spiro atoms. The summed E-state index contributed by atoms with van der Waals surface area (Å²) in [5.41, 5.74) is 4.07. The molecule has 0 saturated heterocycles. The molecule has 0 unspecified atom stereocenters. The van der Waals surface area contributed by atoms with Crippen molar-refractivity contribution in [1.82, 2.24) is 0 Å². The molecule has 38 heavy (non-hydrogen) atoms. The number of nitriles is 2. The second kappa shape index (κ2) is 16.2. The Bertz CT molecular complexity index is 1100. The smallest absolute Gasteiger partial charge is 0.119 e. The molecule has 4 heteroatoms. The van der Waals surface area contributed by atoms with Crippen molar-refractivity contribution in [1.29, 1.82) is 10.5 Å². The van der Waals surface area contributed by atoms with E-state index < -0.39 is 0 Å². The maximum absolute atomic E-state index is 10.00. The number of hydrogen-bond acceptors (Lipinski definition) is 4. The molecule has 0 N–H and O–H groups in total. The number of rotatable bonds is 16. The van der Waals surface area contributed by atoms with Gasteiger partial charge in [0, 0.05) is 11.1 Å². The molecular formula is C34H40N2O2. The van der Waals surface area contributed by atoms with Crippen molar-refractivity contribution in [2.75, 3.05) is 13.2 Å². The Labute approximate surface area is 228 Å². The molecule has 0 amide bonds. The van der Waals surface area contributed by atoms with Crippen LogP contribution in [0.4, 0.5) is 0 Å². The van der Waals surface area contributed by atoms with E-state index in [0.29, 0.717) is 24.3 Å². The molecular weight excluding hydrogens is 468 g/mol. The van der Waals surface area contributed by atoms with E-state index in [-0.39, 0.29) is 0 Å². The quantitative estimate of drug-likeness (QED) is 0.181. The first-order valence-electron chi connectivity index (χ1n) is 14.2. The molecule has 0 bridgehead atoms. The fraction of sp³-hybridized carbons (Fsp3) is 0.412. The number of hydrogen-bond donors (Lipinski definition) is 0. The summed E-state index contributed by atoms with van der Waals surface area (Å²) in [6, 6.07) is 24.0. The molecule has 3 rings (SSSR count). The van der Waals surface area contributed by atoms with E-state index in [1.807, 2.05) is 60.7 Å². The molecule has 4 nitrogen and oxygen atoms in total. The molecule has 0 fully saturated rings. The number of unbranched alkanes of at least 4 members (excludes halogenated alkanes) is 8. The zero-order chi connectivity index (χ0) is 27.0. The van der Waals surface area contributed by atoms with E-state index in [1.165, 1.54) is 51.4 Å². The van der Waals surface area contributed by atoms with E-state index in [4.69, 9.17) is 9.47 Å². The monoisotopic (exact) mass is 508 g/mol. The fourth-order valence-electron chi connectivity index (χ4n) is 4.57. The highest BCUT2D eigenvalue weighted by Gasteiger charge is 2.16. The van der Waals surface area contributed by atoms with Crippen LogP contribution in [0.3, 0.4) is 0 Å². The fourth-order valence-corrected chi connectivity index (χ4v) is 4.57. The van der Waals surface area contributed by atoms with Gasteiger partial charge in [-0.3, -0.25) is 0 Å². The Morgan fingerprint density at radius 3 is 1.21 bits per heavy atom. The minimum Gasteiger partial charge on any atom is -0.494 e. The van der Waals surface area contributed by atoms with Gasteiger partial charge < -0.3 is 9.47 Å². The summed E-state index contributed by atoms with van der Waals surface area (Å²) in [4.78, 5) is 0. The molecule has 0 heterocycles. The molecule has 0 aliphatic heterocycles. The lowest BCUT2D eigenvalue weighted by Crippen LogP contribution is -1.98. The lowest BCUT2D eigenvalue weighted by molar-refractivity contribution is 0.304. The van der Waals surface area contributed by atoms with Crippen LogP contribution in [0.15, 0.2) is 60.7 Å². The molecule has 0 saturated carbocycles. The summed E-state index contributed by atoms with van der Waals surface area (Å²) in [6.07, 6.45) is 12.0. The van der Waals surface area contributed by atoms with Crippen LogP contribution in [-0.2, 0) is 0 Å². The van der Waals surface area contributed by atoms with Crippen LogP contribution >= 0.6 is 0 Å². The highest BCUT2D eigenvalue weighted by molar-refractivity contribution is 5.82. The van der Waals surface area contributed by atoms with Crippen LogP contribution in [0.25, 0.3) is 22.3 Å². The van der Waals surface area contributed by atoms with Gasteiger partial charge in [-0.2, -0.15) is 10.5 Å². The summed E-state index contributed by atoms with van der Waals surface area (Å²) < 4.78 is 11.8. The van der Waals surface area contributed by atoms with Gasteiger partial charge in [0.2, 0.25) is 0 Å². The van der Waals surface area contributed by atoms with Gasteiger partial charge in [-0.25, -0.2) is 0 Å². The predicted molar refractivity (Wildman–Crippen MR) is 155 cm³/mol. The van der Waals surface area contributed by atoms with Crippen molar-refractivity contribution in [2.45, 2.75) is 78.1 Å². The van der Waals surface area contributed by atoms with E-state index >= 15 is 0 Å². The Kier molecular flexibility index (Phi) is 12.2. The predicted octanol–water partition coefficient (Wildman–Crippen LogP) is 9.46. The van der Waals surface area contributed by atoms with Crippen molar-refractivity contribution in [3.05, 3.63) is 71.8 Å². The van der Waals surface area contributed by atoms with Gasteiger partial charge in [0.05, 0.1) is 24.3 Å². The largest absolute Gasteiger partial charge is 0.494 e. The molecule has 0 atom stereocenters. The molecule has 3 aromatic carbocycles. The average Bonchev–Trinajstić information content (AvgIpc) is 2.96. The Balaban J connectivity index is 1.68. The maximum Gasteiger partial charge on any atom is 0.119 e. The van der Waals surface area contributed by atoms with Crippen molar-refractivity contribution in [3.8, 4) is 45.9 Å². The molecule has 3 aromatic rings. The summed E-state index contributed by atoms with van der Waals surface area (Å²) in [5, 5.41) is 20.0. The lowest BCUT2D eigenvalue weighted by atomic mass is 9.90. The summed E-state index contributed by atoms with van der Waals surface area (Å²) in [5.74, 6) is 1.64. The number of ether oxygens (including phenoxy) is 2. The van der Waals surface area contributed by atoms with Gasteiger partial charge in [-0.05, 0) is 48.2 Å². The van der Waals surface area contributed by atoms with Gasteiger partial charge in [0.15, 0.2) is 0 Å². The van der Waals surface area contributed by atoms with Crippen LogP contribution in [0.2, 0.25) is 0 Å². The summed E-state index contributed by atoms with van der Waals surface area (Å²) in [6.45, 7) is 5.85. The first kappa shape index (κ1) is 28.8. The van der Waals surface area contributed by atoms with E-state index in [9.17, 15) is 10.5 Å². The third-order valence-electron chi connectivity index (χ3n) is 6.79. The summed E-state index contributed by atoms with van der Waals surface area (Å²) in [7, 11) is 0. The SMILES string of the molecule is CCCCCCCOc1ccc(-c2ccc(-c3ccc(OCCCCCCC)cc3)c(C#N)c2C#N)cc1. The van der Waals surface area contributed by atoms with Gasteiger partial charge >= 0.3 is 0 Å². The van der Waals surface area contributed by atoms with Crippen molar-refractivity contribution < 1.29 is 9.47 Å². The standard InChI is InChI=1S/C34H40N2O2/c1-3-5-7-9-11-23-37-29-17-13-27(14-18-29)31-21-22-32(34(26-36)33(31)25-35)28-15-19-30(20-16-28)38-24-12-10-8-6-4-2/h13-22H,3-12,23-24H2,1-2H3. The molecule has 0 aliphatic carbocycles. The zero-order valence-corrected chi connectivity index (χ0v) is 23.0. The van der Waals surface area contributed by atoms with Gasteiger partial charge in [0.25, 0.3) is 0 Å². The first-order valence-corrected chi connectivity index (χ1v) is 14.2. The number of nitrogens with zero attached hydrogens (tertiary/aromatic N) is 2. The van der Waals surface area contributed by atoms with Gasteiger partial charge in [-0.1, -0.05) is 102 Å². The Morgan fingerprint density at radius 2 is 0.868 bits per heavy atom. The van der Waals surface area contributed by atoms with E-state index in [1.54, 1.807) is 0 Å². The van der Waals surface area contributed by atoms with Crippen molar-refractivity contribution in [3.63, 3.8) is 0 Å². The highest BCUT2D eigenvalue weighted by atomic mass is 16.5. The second-order valence-corrected chi connectivity index (χ2v) is 9.71. The van der Waals surface area contributed by atoms with Crippen LogP contribution in [0.5, 0.6) is 11.5 Å². The summed E-state index contributed by atoms with van der Waals surface area (Å²) >= 11 is 0. The topological polar surface area (TPSA) is 66.0 Å². The van der Waals surface area contributed by atoms with Crippen LogP contribution in [0, 0.1) is 22.7 Å². The molecule has 0 aromatic heterocycles. The van der Waals surface area contributed by atoms with E-state index in [2.05, 4.69) is 26.0 Å². The lowest BCUT2D eigenvalue weighted by Gasteiger charge is -2.13. The average molecular weight is 509 g/mol. The highest BCUT2D eigenvalue weighted by Crippen LogP contribution is 2.34. The maximum atomic E-state index is 10.00. The van der Waals surface area contributed by atoms with Crippen LogP contribution < -0.4 is 9.47 Å². The van der Waals surface area contributed by atoms with Crippen LogP contribution in [-0.4, -0.2) is 13.2 Å². The Morgan fingerprint density at radius 1 is 0.500 bits per heavy atom. The molecule has 198 valence electrons. The minimum absolute atomic E-state index is 0.391.